The molecule has 0 spiro atoms. The number of nitrogens with zero attached hydrogens (tertiary/aromatic N) is 1. The Morgan fingerprint density at radius 2 is 1.57 bits per heavy atom. The van der Waals surface area contributed by atoms with Crippen LogP contribution in [-0.2, 0) is 0 Å². The lowest BCUT2D eigenvalue weighted by atomic mass is 10.0. The van der Waals surface area contributed by atoms with Gasteiger partial charge in [0.15, 0.2) is 6.23 Å². The molecule has 0 saturated carbocycles. The smallest absolute Gasteiger partial charge is 0.192 e. The molecule has 4 aromatic rings. The topological polar surface area (TPSA) is 12.5 Å². The Hall–Kier alpha value is -3.52. The molecule has 0 amide bonds. The number of fused-ring (bicyclic) bond motifs is 2. The maximum atomic E-state index is 6.18. The van der Waals surface area contributed by atoms with Crippen molar-refractivity contribution in [2.45, 2.75) is 6.23 Å². The highest BCUT2D eigenvalue weighted by Crippen LogP contribution is 2.39. The predicted octanol–water partition coefficient (Wildman–Crippen LogP) is 6.37. The van der Waals surface area contributed by atoms with E-state index in [0.717, 1.165) is 11.4 Å². The molecule has 28 heavy (non-hydrogen) atoms. The van der Waals surface area contributed by atoms with Gasteiger partial charge in [0.1, 0.15) is 5.75 Å². The number of rotatable bonds is 3. The molecule has 4 aromatic carbocycles. The second kappa shape index (κ2) is 6.90. The molecular formula is C26H21NO. The van der Waals surface area contributed by atoms with E-state index >= 15 is 0 Å². The van der Waals surface area contributed by atoms with Gasteiger partial charge < -0.3 is 9.64 Å². The number of hydrogen-bond acceptors (Lipinski definition) is 2. The number of likely N-dealkylation sites (N-methyl/N-ethyl adjacent to an activating group) is 1. The van der Waals surface area contributed by atoms with Gasteiger partial charge in [0, 0.05) is 7.05 Å². The number of ether oxygens (including phenoxy) is 1. The summed E-state index contributed by atoms with van der Waals surface area (Å²) in [7, 11) is 2.08. The molecule has 0 N–H and O–H groups in total. The second-order valence-corrected chi connectivity index (χ2v) is 7.10. The van der Waals surface area contributed by atoms with Gasteiger partial charge in [0.2, 0.25) is 0 Å². The van der Waals surface area contributed by atoms with Crippen molar-refractivity contribution in [1.29, 1.82) is 0 Å². The highest BCUT2D eigenvalue weighted by Gasteiger charge is 2.26. The Balaban J connectivity index is 1.43. The van der Waals surface area contributed by atoms with Gasteiger partial charge in [-0.15, -0.1) is 0 Å². The van der Waals surface area contributed by atoms with Crippen molar-refractivity contribution in [3.05, 3.63) is 103 Å². The summed E-state index contributed by atoms with van der Waals surface area (Å²) in [6, 6.07) is 31.7. The van der Waals surface area contributed by atoms with Crippen LogP contribution in [0.3, 0.4) is 0 Å². The fourth-order valence-electron chi connectivity index (χ4n) is 3.80. The lowest BCUT2D eigenvalue weighted by molar-refractivity contribution is 0.280. The van der Waals surface area contributed by atoms with E-state index in [4.69, 9.17) is 4.74 Å². The first-order valence-corrected chi connectivity index (χ1v) is 9.54. The van der Waals surface area contributed by atoms with Gasteiger partial charge in [-0.25, -0.2) is 0 Å². The SMILES string of the molecule is CN1c2cc(-c3ccccc3)ccc2OC1C=Cc1cccc2ccccc12. The van der Waals surface area contributed by atoms with Gasteiger partial charge in [-0.1, -0.05) is 84.9 Å². The van der Waals surface area contributed by atoms with Crippen molar-refractivity contribution in [1.82, 2.24) is 0 Å². The fourth-order valence-corrected chi connectivity index (χ4v) is 3.80. The van der Waals surface area contributed by atoms with E-state index in [1.165, 1.54) is 27.5 Å². The summed E-state index contributed by atoms with van der Waals surface area (Å²) in [5.74, 6) is 0.926. The summed E-state index contributed by atoms with van der Waals surface area (Å²) in [6.07, 6.45) is 4.18. The van der Waals surface area contributed by atoms with Crippen LogP contribution >= 0.6 is 0 Å². The maximum Gasteiger partial charge on any atom is 0.192 e. The van der Waals surface area contributed by atoms with Crippen LogP contribution in [0.5, 0.6) is 5.75 Å². The standard InChI is InChI=1S/C26H21NO/c1-27-24-18-22(19-8-3-2-4-9-19)14-16-25(24)28-26(27)17-15-21-12-7-11-20-10-5-6-13-23(20)21/h2-18,26H,1H3. The molecular weight excluding hydrogens is 342 g/mol. The molecule has 2 heteroatoms. The average Bonchev–Trinajstić information content (AvgIpc) is 3.08. The molecule has 0 aliphatic carbocycles. The van der Waals surface area contributed by atoms with Crippen molar-refractivity contribution in [2.24, 2.45) is 0 Å². The Morgan fingerprint density at radius 1 is 0.786 bits per heavy atom. The first-order valence-electron chi connectivity index (χ1n) is 9.54. The first kappa shape index (κ1) is 16.6. The Bertz CT molecular complexity index is 1160. The molecule has 2 nitrogen and oxygen atoms in total. The fraction of sp³-hybridized carbons (Fsp3) is 0.0769. The molecule has 1 unspecified atom stereocenters. The van der Waals surface area contributed by atoms with Gasteiger partial charge in [-0.3, -0.25) is 0 Å². The molecule has 1 atom stereocenters. The van der Waals surface area contributed by atoms with Crippen molar-refractivity contribution >= 4 is 22.5 Å². The van der Waals surface area contributed by atoms with Crippen molar-refractivity contribution in [3.8, 4) is 16.9 Å². The van der Waals surface area contributed by atoms with E-state index < -0.39 is 0 Å². The normalized spacial score (nSPS) is 15.8. The van der Waals surface area contributed by atoms with Crippen LogP contribution in [0.1, 0.15) is 5.56 Å². The number of benzene rings is 4. The van der Waals surface area contributed by atoms with Crippen LogP contribution in [0.25, 0.3) is 28.0 Å². The summed E-state index contributed by atoms with van der Waals surface area (Å²) in [5, 5.41) is 2.51. The predicted molar refractivity (Wildman–Crippen MR) is 118 cm³/mol. The highest BCUT2D eigenvalue weighted by molar-refractivity contribution is 5.90. The minimum Gasteiger partial charge on any atom is -0.465 e. The van der Waals surface area contributed by atoms with E-state index in [1.807, 2.05) is 6.07 Å². The minimum atomic E-state index is -0.111. The lowest BCUT2D eigenvalue weighted by Gasteiger charge is -2.17. The van der Waals surface area contributed by atoms with Gasteiger partial charge in [0.05, 0.1) is 5.69 Å². The van der Waals surface area contributed by atoms with Crippen LogP contribution in [-0.4, -0.2) is 13.3 Å². The third kappa shape index (κ3) is 2.93. The first-order chi connectivity index (χ1) is 13.8. The van der Waals surface area contributed by atoms with E-state index in [-0.39, 0.29) is 6.23 Å². The molecule has 1 heterocycles. The second-order valence-electron chi connectivity index (χ2n) is 7.10. The van der Waals surface area contributed by atoms with E-state index in [0.29, 0.717) is 0 Å². The van der Waals surface area contributed by atoms with Gasteiger partial charge in [-0.2, -0.15) is 0 Å². The largest absolute Gasteiger partial charge is 0.465 e. The minimum absolute atomic E-state index is 0.111. The average molecular weight is 363 g/mol. The summed E-state index contributed by atoms with van der Waals surface area (Å²) in [4.78, 5) is 2.18. The molecule has 0 radical (unpaired) electrons. The molecule has 0 saturated heterocycles. The number of hydrogen-bond donors (Lipinski definition) is 0. The van der Waals surface area contributed by atoms with Crippen LogP contribution in [0, 0.1) is 0 Å². The Morgan fingerprint density at radius 3 is 2.46 bits per heavy atom. The van der Waals surface area contributed by atoms with E-state index in [2.05, 4.69) is 109 Å². The summed E-state index contributed by atoms with van der Waals surface area (Å²) < 4.78 is 6.18. The van der Waals surface area contributed by atoms with Crippen molar-refractivity contribution in [2.75, 3.05) is 11.9 Å². The zero-order valence-electron chi connectivity index (χ0n) is 15.7. The molecule has 5 rings (SSSR count). The van der Waals surface area contributed by atoms with Crippen LogP contribution in [0.2, 0.25) is 0 Å². The molecule has 1 aliphatic heterocycles. The maximum absolute atomic E-state index is 6.18. The molecule has 0 fully saturated rings. The quantitative estimate of drug-likeness (QED) is 0.419. The molecule has 136 valence electrons. The highest BCUT2D eigenvalue weighted by atomic mass is 16.5. The zero-order chi connectivity index (χ0) is 18.9. The monoisotopic (exact) mass is 363 g/mol. The molecule has 0 bridgehead atoms. The zero-order valence-corrected chi connectivity index (χ0v) is 15.7. The van der Waals surface area contributed by atoms with Gasteiger partial charge in [0.25, 0.3) is 0 Å². The Labute approximate surface area is 165 Å². The van der Waals surface area contributed by atoms with Gasteiger partial charge in [-0.05, 0) is 45.7 Å². The number of anilines is 1. The van der Waals surface area contributed by atoms with E-state index in [1.54, 1.807) is 0 Å². The summed E-state index contributed by atoms with van der Waals surface area (Å²) in [6.45, 7) is 0. The van der Waals surface area contributed by atoms with Crippen molar-refractivity contribution in [3.63, 3.8) is 0 Å². The van der Waals surface area contributed by atoms with Crippen LogP contribution in [0.4, 0.5) is 5.69 Å². The summed E-state index contributed by atoms with van der Waals surface area (Å²) >= 11 is 0. The van der Waals surface area contributed by atoms with Crippen LogP contribution < -0.4 is 9.64 Å². The summed E-state index contributed by atoms with van der Waals surface area (Å²) in [5.41, 5.74) is 4.74. The third-order valence-corrected chi connectivity index (χ3v) is 5.34. The Kier molecular flexibility index (Phi) is 4.10. The molecule has 1 aliphatic rings. The van der Waals surface area contributed by atoms with Crippen LogP contribution in [0.15, 0.2) is 97.1 Å². The van der Waals surface area contributed by atoms with E-state index in [9.17, 15) is 0 Å². The lowest BCUT2D eigenvalue weighted by Crippen LogP contribution is -2.28. The van der Waals surface area contributed by atoms with Crippen molar-refractivity contribution < 1.29 is 4.74 Å². The van der Waals surface area contributed by atoms with Gasteiger partial charge >= 0.3 is 0 Å². The molecule has 0 aromatic heterocycles. The third-order valence-electron chi connectivity index (χ3n) is 5.34.